The topological polar surface area (TPSA) is 58.7 Å². The van der Waals surface area contributed by atoms with Crippen molar-refractivity contribution in [2.75, 3.05) is 0 Å². The minimum absolute atomic E-state index is 0.0622. The molecule has 0 N–H and O–H groups in total. The van der Waals surface area contributed by atoms with E-state index in [0.29, 0.717) is 0 Å². The molecule has 0 aliphatic carbocycles. The molecule has 0 radical (unpaired) electrons. The van der Waals surface area contributed by atoms with Crippen LogP contribution in [0.4, 0.5) is 0 Å². The van der Waals surface area contributed by atoms with Crippen molar-refractivity contribution in [3.63, 3.8) is 0 Å². The van der Waals surface area contributed by atoms with Crippen LogP contribution in [0.1, 0.15) is 0 Å². The van der Waals surface area contributed by atoms with Crippen molar-refractivity contribution in [1.82, 2.24) is 9.55 Å². The molecule has 0 fully saturated rings. The van der Waals surface area contributed by atoms with Gasteiger partial charge in [0.2, 0.25) is 0 Å². The van der Waals surface area contributed by atoms with Crippen molar-refractivity contribution in [2.24, 2.45) is 0 Å². The zero-order valence-corrected chi connectivity index (χ0v) is 5.19. The fraction of sp³-hybridized carbons (Fsp3) is 0.167. The molecular formula is C6H5N3O. The molecule has 0 atom stereocenters. The van der Waals surface area contributed by atoms with Gasteiger partial charge in [-0.2, -0.15) is 5.26 Å². The SMILES string of the molecule is N#CCn1cnccc1=O. The summed E-state index contributed by atoms with van der Waals surface area (Å²) in [5.74, 6) is 0. The molecule has 1 heterocycles. The lowest BCUT2D eigenvalue weighted by atomic mass is 10.6. The van der Waals surface area contributed by atoms with Crippen LogP contribution in [-0.4, -0.2) is 9.55 Å². The van der Waals surface area contributed by atoms with Gasteiger partial charge in [-0.1, -0.05) is 0 Å². The minimum Gasteiger partial charge on any atom is -0.285 e. The average molecular weight is 135 g/mol. The Morgan fingerprint density at radius 3 is 3.20 bits per heavy atom. The lowest BCUT2D eigenvalue weighted by Crippen LogP contribution is -2.17. The molecule has 0 aromatic carbocycles. The van der Waals surface area contributed by atoms with Gasteiger partial charge in [-0.15, -0.1) is 0 Å². The molecule has 4 nitrogen and oxygen atoms in total. The van der Waals surface area contributed by atoms with E-state index in [0.717, 1.165) is 0 Å². The first kappa shape index (κ1) is 6.49. The summed E-state index contributed by atoms with van der Waals surface area (Å²) < 4.78 is 1.24. The second-order valence-electron chi connectivity index (χ2n) is 1.70. The van der Waals surface area contributed by atoms with Crippen LogP contribution in [0.25, 0.3) is 0 Å². The molecule has 1 rings (SSSR count). The van der Waals surface area contributed by atoms with Crippen molar-refractivity contribution in [3.8, 4) is 6.07 Å². The standard InChI is InChI=1S/C6H5N3O/c7-2-4-9-5-8-3-1-6(9)10/h1,3,5H,4H2. The van der Waals surface area contributed by atoms with Gasteiger partial charge in [0.25, 0.3) is 5.56 Å². The maximum Gasteiger partial charge on any atom is 0.254 e. The second kappa shape index (κ2) is 2.78. The number of hydrogen-bond donors (Lipinski definition) is 0. The lowest BCUT2D eigenvalue weighted by Gasteiger charge is -1.93. The maximum absolute atomic E-state index is 10.8. The van der Waals surface area contributed by atoms with Gasteiger partial charge in [-0.05, 0) is 0 Å². The Kier molecular flexibility index (Phi) is 1.80. The molecule has 1 aromatic heterocycles. The Labute approximate surface area is 57.4 Å². The first-order chi connectivity index (χ1) is 4.84. The highest BCUT2D eigenvalue weighted by Gasteiger charge is 1.89. The molecule has 0 aliphatic rings. The van der Waals surface area contributed by atoms with E-state index in [4.69, 9.17) is 5.26 Å². The van der Waals surface area contributed by atoms with Crippen molar-refractivity contribution >= 4 is 0 Å². The Morgan fingerprint density at radius 2 is 2.60 bits per heavy atom. The molecular weight excluding hydrogens is 130 g/mol. The van der Waals surface area contributed by atoms with E-state index < -0.39 is 0 Å². The lowest BCUT2D eigenvalue weighted by molar-refractivity contribution is 0.761. The van der Waals surface area contributed by atoms with Crippen molar-refractivity contribution < 1.29 is 0 Å². The summed E-state index contributed by atoms with van der Waals surface area (Å²) in [6.07, 6.45) is 2.74. The third-order valence-corrected chi connectivity index (χ3v) is 1.03. The summed E-state index contributed by atoms with van der Waals surface area (Å²) in [7, 11) is 0. The van der Waals surface area contributed by atoms with Crippen LogP contribution in [-0.2, 0) is 6.54 Å². The molecule has 1 aromatic rings. The predicted octanol–water partition coefficient (Wildman–Crippen LogP) is -0.233. The van der Waals surface area contributed by atoms with E-state index in [1.54, 1.807) is 0 Å². The molecule has 50 valence electrons. The summed E-state index contributed by atoms with van der Waals surface area (Å²) in [6.45, 7) is 0.0622. The van der Waals surface area contributed by atoms with Gasteiger partial charge in [-0.25, -0.2) is 4.98 Å². The van der Waals surface area contributed by atoms with Crippen molar-refractivity contribution in [3.05, 3.63) is 28.9 Å². The number of rotatable bonds is 1. The zero-order chi connectivity index (χ0) is 7.40. The smallest absolute Gasteiger partial charge is 0.254 e. The predicted molar refractivity (Wildman–Crippen MR) is 34.1 cm³/mol. The monoisotopic (exact) mass is 135 g/mol. The average Bonchev–Trinajstić information content (AvgIpc) is 1.94. The fourth-order valence-electron chi connectivity index (χ4n) is 0.573. The van der Waals surface area contributed by atoms with Crippen LogP contribution in [0.3, 0.4) is 0 Å². The first-order valence-electron chi connectivity index (χ1n) is 2.72. The van der Waals surface area contributed by atoms with Gasteiger partial charge in [-0.3, -0.25) is 9.36 Å². The van der Waals surface area contributed by atoms with E-state index in [-0.39, 0.29) is 12.1 Å². The molecule has 0 aliphatic heterocycles. The highest BCUT2D eigenvalue weighted by Crippen LogP contribution is 1.73. The van der Waals surface area contributed by atoms with Gasteiger partial charge in [0.1, 0.15) is 6.54 Å². The van der Waals surface area contributed by atoms with Gasteiger partial charge in [0.15, 0.2) is 0 Å². The summed E-state index contributed by atoms with van der Waals surface area (Å²) in [5, 5.41) is 8.21. The Hall–Kier alpha value is -1.63. The summed E-state index contributed by atoms with van der Waals surface area (Å²) in [6, 6.07) is 3.16. The van der Waals surface area contributed by atoms with E-state index in [1.807, 2.05) is 6.07 Å². The molecule has 0 saturated carbocycles. The molecule has 10 heavy (non-hydrogen) atoms. The number of aromatic nitrogens is 2. The number of hydrogen-bond acceptors (Lipinski definition) is 3. The van der Waals surface area contributed by atoms with Crippen LogP contribution in [0.2, 0.25) is 0 Å². The molecule has 0 amide bonds. The Balaban J connectivity index is 3.07. The number of nitriles is 1. The van der Waals surface area contributed by atoms with Gasteiger partial charge in [0.05, 0.1) is 12.4 Å². The Morgan fingerprint density at radius 1 is 1.80 bits per heavy atom. The first-order valence-corrected chi connectivity index (χ1v) is 2.72. The molecule has 0 spiro atoms. The van der Waals surface area contributed by atoms with Crippen LogP contribution < -0.4 is 5.56 Å². The van der Waals surface area contributed by atoms with Gasteiger partial charge >= 0.3 is 0 Å². The summed E-state index contributed by atoms with van der Waals surface area (Å²) in [5.41, 5.74) is -0.198. The third kappa shape index (κ3) is 1.20. The molecule has 0 unspecified atom stereocenters. The van der Waals surface area contributed by atoms with Crippen LogP contribution in [0.5, 0.6) is 0 Å². The third-order valence-electron chi connectivity index (χ3n) is 1.03. The summed E-state index contributed by atoms with van der Waals surface area (Å²) >= 11 is 0. The fourth-order valence-corrected chi connectivity index (χ4v) is 0.573. The van der Waals surface area contributed by atoms with Gasteiger partial charge in [0, 0.05) is 12.3 Å². The van der Waals surface area contributed by atoms with Crippen molar-refractivity contribution in [2.45, 2.75) is 6.54 Å². The zero-order valence-electron chi connectivity index (χ0n) is 5.19. The van der Waals surface area contributed by atoms with E-state index in [9.17, 15) is 4.79 Å². The van der Waals surface area contributed by atoms with E-state index in [1.165, 1.54) is 23.2 Å². The van der Waals surface area contributed by atoms with Crippen molar-refractivity contribution in [1.29, 1.82) is 5.26 Å². The maximum atomic E-state index is 10.8. The normalized spacial score (nSPS) is 8.70. The minimum atomic E-state index is -0.198. The Bertz CT molecular complexity index is 309. The molecule has 0 saturated heterocycles. The van der Waals surface area contributed by atoms with Gasteiger partial charge < -0.3 is 0 Å². The molecule has 0 bridgehead atoms. The van der Waals surface area contributed by atoms with Crippen LogP contribution in [0.15, 0.2) is 23.4 Å². The largest absolute Gasteiger partial charge is 0.285 e. The molecule has 4 heteroatoms. The summed E-state index contributed by atoms with van der Waals surface area (Å²) in [4.78, 5) is 14.5. The number of nitrogens with zero attached hydrogens (tertiary/aromatic N) is 3. The quantitative estimate of drug-likeness (QED) is 0.534. The van der Waals surface area contributed by atoms with Crippen LogP contribution >= 0.6 is 0 Å². The van der Waals surface area contributed by atoms with E-state index >= 15 is 0 Å². The highest BCUT2D eigenvalue weighted by molar-refractivity contribution is 4.85. The second-order valence-corrected chi connectivity index (χ2v) is 1.70. The van der Waals surface area contributed by atoms with Crippen LogP contribution in [0, 0.1) is 11.3 Å². The highest BCUT2D eigenvalue weighted by atomic mass is 16.1. The van der Waals surface area contributed by atoms with E-state index in [2.05, 4.69) is 4.98 Å².